The number of hydrazone groups is 1. The summed E-state index contributed by atoms with van der Waals surface area (Å²) in [6.07, 6.45) is 3.81. The van der Waals surface area contributed by atoms with Gasteiger partial charge in [-0.25, -0.2) is 0 Å². The van der Waals surface area contributed by atoms with Gasteiger partial charge in [-0.1, -0.05) is 27.2 Å². The SMILES string of the molecule is CCOC(=O)CN(CC1CCC1)/N=C(\C)C(C)(C)C. The third kappa shape index (κ3) is 5.62. The van der Waals surface area contributed by atoms with Gasteiger partial charge in [0.15, 0.2) is 0 Å². The van der Waals surface area contributed by atoms with Crippen LogP contribution in [0.15, 0.2) is 5.10 Å². The first-order valence-corrected chi connectivity index (χ1v) is 7.29. The molecule has 0 amide bonds. The highest BCUT2D eigenvalue weighted by molar-refractivity contribution is 5.86. The van der Waals surface area contributed by atoms with Crippen LogP contribution in [0.3, 0.4) is 0 Å². The van der Waals surface area contributed by atoms with Gasteiger partial charge in [0, 0.05) is 17.7 Å². The zero-order chi connectivity index (χ0) is 14.5. The van der Waals surface area contributed by atoms with Crippen LogP contribution in [-0.4, -0.2) is 36.4 Å². The number of hydrogen-bond acceptors (Lipinski definition) is 4. The second-order valence-electron chi connectivity index (χ2n) is 6.38. The predicted molar refractivity (Wildman–Crippen MR) is 78.1 cm³/mol. The largest absolute Gasteiger partial charge is 0.465 e. The van der Waals surface area contributed by atoms with Crippen LogP contribution in [0, 0.1) is 11.3 Å². The zero-order valence-electron chi connectivity index (χ0n) is 13.0. The Hall–Kier alpha value is -1.06. The van der Waals surface area contributed by atoms with Crippen molar-refractivity contribution < 1.29 is 9.53 Å². The summed E-state index contributed by atoms with van der Waals surface area (Å²) in [5.74, 6) is 0.498. The van der Waals surface area contributed by atoms with E-state index in [2.05, 4.69) is 25.9 Å². The van der Waals surface area contributed by atoms with Crippen LogP contribution in [0.1, 0.15) is 53.9 Å². The fraction of sp³-hybridized carbons (Fsp3) is 0.867. The minimum atomic E-state index is -0.188. The minimum Gasteiger partial charge on any atom is -0.465 e. The van der Waals surface area contributed by atoms with Crippen molar-refractivity contribution in [3.8, 4) is 0 Å². The van der Waals surface area contributed by atoms with Crippen LogP contribution in [0.2, 0.25) is 0 Å². The summed E-state index contributed by atoms with van der Waals surface area (Å²) >= 11 is 0. The van der Waals surface area contributed by atoms with Gasteiger partial charge in [0.2, 0.25) is 0 Å². The average molecular weight is 268 g/mol. The quantitative estimate of drug-likeness (QED) is 0.422. The summed E-state index contributed by atoms with van der Waals surface area (Å²) in [7, 11) is 0. The molecule has 4 heteroatoms. The topological polar surface area (TPSA) is 41.9 Å². The molecule has 0 aliphatic heterocycles. The van der Waals surface area contributed by atoms with Crippen molar-refractivity contribution in [3.05, 3.63) is 0 Å². The first-order valence-electron chi connectivity index (χ1n) is 7.29. The first kappa shape index (κ1) is 16.0. The van der Waals surface area contributed by atoms with Gasteiger partial charge in [-0.05, 0) is 32.6 Å². The molecule has 0 atom stereocenters. The molecule has 1 rings (SSSR count). The summed E-state index contributed by atoms with van der Waals surface area (Å²) < 4.78 is 5.02. The molecule has 1 aliphatic carbocycles. The molecule has 0 aromatic carbocycles. The molecule has 0 N–H and O–H groups in total. The van der Waals surface area contributed by atoms with Crippen LogP contribution < -0.4 is 0 Å². The van der Waals surface area contributed by atoms with Crippen LogP contribution in [0.5, 0.6) is 0 Å². The Morgan fingerprint density at radius 1 is 1.37 bits per heavy atom. The molecule has 110 valence electrons. The van der Waals surface area contributed by atoms with Crippen LogP contribution in [-0.2, 0) is 9.53 Å². The number of hydrogen-bond donors (Lipinski definition) is 0. The summed E-state index contributed by atoms with van der Waals surface area (Å²) in [6, 6.07) is 0. The number of rotatable bonds is 6. The second-order valence-corrected chi connectivity index (χ2v) is 6.38. The van der Waals surface area contributed by atoms with Crippen molar-refractivity contribution >= 4 is 11.7 Å². The standard InChI is InChI=1S/C15H28N2O2/c1-6-19-14(18)11-17(10-13-8-7-9-13)16-12(2)15(3,4)5/h13H,6-11H2,1-5H3/b16-12+. The lowest BCUT2D eigenvalue weighted by atomic mass is 9.85. The van der Waals surface area contributed by atoms with E-state index in [4.69, 9.17) is 4.74 Å². The van der Waals surface area contributed by atoms with Crippen molar-refractivity contribution in [2.75, 3.05) is 19.7 Å². The lowest BCUT2D eigenvalue weighted by Gasteiger charge is -2.31. The first-order chi connectivity index (χ1) is 8.82. The maximum atomic E-state index is 11.6. The smallest absolute Gasteiger partial charge is 0.327 e. The molecular formula is C15H28N2O2. The molecule has 0 saturated heterocycles. The van der Waals surface area contributed by atoms with E-state index in [1.807, 2.05) is 18.9 Å². The Bertz CT molecular complexity index is 328. The zero-order valence-corrected chi connectivity index (χ0v) is 13.0. The third-order valence-electron chi connectivity index (χ3n) is 3.69. The van der Waals surface area contributed by atoms with E-state index < -0.39 is 0 Å². The van der Waals surface area contributed by atoms with E-state index in [-0.39, 0.29) is 17.9 Å². The summed E-state index contributed by atoms with van der Waals surface area (Å²) in [5, 5.41) is 6.53. The lowest BCUT2D eigenvalue weighted by Crippen LogP contribution is -2.35. The predicted octanol–water partition coefficient (Wildman–Crippen LogP) is 3.07. The van der Waals surface area contributed by atoms with Crippen molar-refractivity contribution in [2.24, 2.45) is 16.4 Å². The number of nitrogens with zero attached hydrogens (tertiary/aromatic N) is 2. The van der Waals surface area contributed by atoms with E-state index in [1.54, 1.807) is 0 Å². The third-order valence-corrected chi connectivity index (χ3v) is 3.69. The van der Waals surface area contributed by atoms with E-state index in [0.717, 1.165) is 12.3 Å². The lowest BCUT2D eigenvalue weighted by molar-refractivity contribution is -0.144. The van der Waals surface area contributed by atoms with Crippen molar-refractivity contribution in [3.63, 3.8) is 0 Å². The molecule has 0 bridgehead atoms. The molecule has 0 spiro atoms. The van der Waals surface area contributed by atoms with Crippen LogP contribution >= 0.6 is 0 Å². The van der Waals surface area contributed by atoms with Gasteiger partial charge >= 0.3 is 5.97 Å². The van der Waals surface area contributed by atoms with Crippen molar-refractivity contribution in [1.82, 2.24) is 5.01 Å². The molecule has 1 aliphatic rings. The van der Waals surface area contributed by atoms with Gasteiger partial charge in [0.25, 0.3) is 0 Å². The highest BCUT2D eigenvalue weighted by Crippen LogP contribution is 2.27. The second kappa shape index (κ2) is 6.92. The van der Waals surface area contributed by atoms with Gasteiger partial charge in [-0.3, -0.25) is 9.80 Å². The van der Waals surface area contributed by atoms with E-state index in [0.29, 0.717) is 12.5 Å². The Labute approximate surface area is 117 Å². The summed E-state index contributed by atoms with van der Waals surface area (Å²) in [6.45, 7) is 11.8. The van der Waals surface area contributed by atoms with Gasteiger partial charge in [0.1, 0.15) is 6.54 Å². The molecule has 0 unspecified atom stereocenters. The highest BCUT2D eigenvalue weighted by Gasteiger charge is 2.23. The Morgan fingerprint density at radius 3 is 2.42 bits per heavy atom. The molecule has 1 fully saturated rings. The van der Waals surface area contributed by atoms with Gasteiger partial charge in [-0.15, -0.1) is 0 Å². The minimum absolute atomic E-state index is 0.0343. The molecule has 4 nitrogen and oxygen atoms in total. The molecule has 0 aromatic rings. The summed E-state index contributed by atoms with van der Waals surface area (Å²) in [4.78, 5) is 11.6. The monoisotopic (exact) mass is 268 g/mol. The number of carbonyl (C=O) groups excluding carboxylic acids is 1. The molecule has 0 aromatic heterocycles. The molecule has 0 heterocycles. The van der Waals surface area contributed by atoms with Crippen LogP contribution in [0.25, 0.3) is 0 Å². The van der Waals surface area contributed by atoms with E-state index in [1.165, 1.54) is 19.3 Å². The van der Waals surface area contributed by atoms with E-state index in [9.17, 15) is 4.79 Å². The molecule has 0 radical (unpaired) electrons. The Morgan fingerprint density at radius 2 is 2.00 bits per heavy atom. The van der Waals surface area contributed by atoms with E-state index >= 15 is 0 Å². The fourth-order valence-corrected chi connectivity index (χ4v) is 1.83. The average Bonchev–Trinajstić information content (AvgIpc) is 2.22. The molecule has 19 heavy (non-hydrogen) atoms. The molecular weight excluding hydrogens is 240 g/mol. The Kier molecular flexibility index (Phi) is 5.83. The molecule has 1 saturated carbocycles. The maximum absolute atomic E-state index is 11.6. The maximum Gasteiger partial charge on any atom is 0.327 e. The highest BCUT2D eigenvalue weighted by atomic mass is 16.5. The van der Waals surface area contributed by atoms with Gasteiger partial charge in [0.05, 0.1) is 6.61 Å². The van der Waals surface area contributed by atoms with Gasteiger partial charge in [-0.2, -0.15) is 5.10 Å². The Balaban J connectivity index is 2.65. The van der Waals surface area contributed by atoms with Crippen molar-refractivity contribution in [1.29, 1.82) is 0 Å². The summed E-state index contributed by atoms with van der Waals surface area (Å²) in [5.41, 5.74) is 1.09. The van der Waals surface area contributed by atoms with Crippen molar-refractivity contribution in [2.45, 2.75) is 53.9 Å². The number of carbonyl (C=O) groups is 1. The number of ether oxygens (including phenoxy) is 1. The number of esters is 1. The fourth-order valence-electron chi connectivity index (χ4n) is 1.83. The van der Waals surface area contributed by atoms with Crippen LogP contribution in [0.4, 0.5) is 0 Å². The van der Waals surface area contributed by atoms with Gasteiger partial charge < -0.3 is 4.74 Å². The normalized spacial score (nSPS) is 17.0.